The van der Waals surface area contributed by atoms with Crippen molar-refractivity contribution in [1.29, 1.82) is 0 Å². The van der Waals surface area contributed by atoms with E-state index >= 15 is 4.39 Å². The van der Waals surface area contributed by atoms with E-state index in [0.29, 0.717) is 41.1 Å². The number of amides is 6. The molecule has 0 saturated carbocycles. The maximum absolute atomic E-state index is 15.6. The SMILES string of the molecule is CCc1cc(OC)ccc1-c1ccc(C[C@H](NC(=O)[C@H](CC(=O)O)CC(=O)[C@H](CO)NC(=O)[C@@H](CC(=O)[C@](C)(Cc2ccccc2F)NC(=O)[C@@H](CC(=O)CNC(=O)[C@H](CCC(=O)O)CC(=O)[C@@]2(C)CCCN2C(=O)[C@@H](O)Cc2cnc[nH]2)[C@@H](C)O)[C@@H](C)O)C(=O)C[C@@H](Cc2ccc(-c3ccccc3C)nc2)C(N)=O)cc1. The van der Waals surface area contributed by atoms with Crippen LogP contribution in [0.2, 0.25) is 0 Å². The van der Waals surface area contributed by atoms with Crippen molar-refractivity contribution in [3.8, 4) is 28.1 Å². The van der Waals surface area contributed by atoms with Crippen LogP contribution in [-0.4, -0.2) is 195 Å². The molecule has 0 aliphatic carbocycles. The summed E-state index contributed by atoms with van der Waals surface area (Å²) < 4.78 is 21.0. The Morgan fingerprint density at radius 1 is 0.696 bits per heavy atom. The van der Waals surface area contributed by atoms with E-state index in [1.807, 2.05) is 68.4 Å². The van der Waals surface area contributed by atoms with Gasteiger partial charge in [0, 0.05) is 93.4 Å². The lowest BCUT2D eigenvalue weighted by Crippen LogP contribution is -2.58. The number of aryl methyl sites for hydroxylation is 2. The van der Waals surface area contributed by atoms with Gasteiger partial charge in [-0.1, -0.05) is 85.8 Å². The number of methoxy groups -OCH3 is 1. The smallest absolute Gasteiger partial charge is 0.304 e. The van der Waals surface area contributed by atoms with E-state index in [0.717, 1.165) is 54.7 Å². The standard InChI is InChI=1S/C82H100FN9O20/c1-8-51-32-59(112-7)24-25-61(51)52-21-18-49(19-22-52)31-66(68(97)33-55(75(84)106)30-50-20-26-65(86-41-50)60-16-11-9-14-46(60)2)89-77(108)56(36-74(104)105)34-69(98)67(44-93)90-78(109)63(48(4)95)39-71(100)81(5,40-54-15-10-12-17-64(54)83)91-79(110)62(47(3)94)38-58(96)43-87-76(107)53(23-27-73(102)103)35-72(101)82(6)28-13-29-92(82)80(111)70(99)37-57-42-85-45-88-57/h9-12,14-22,24-26,32,41-42,45,47-48,53,55-56,62-63,66-67,70,93-95,99H,8,13,23,27-31,33-40,43-44H2,1-7H3,(H2,84,106)(H,85,88)(H,87,107)(H,89,108)(H,90,109)(H,91,110)(H,102,103)(H,104,105)/t47-,48-,53-,55-,56+,62+,63+,66+,67+,70+,81+,82-/m1/s1. The molecule has 1 saturated heterocycles. The minimum Gasteiger partial charge on any atom is -0.497 e. The number of ketones is 5. The van der Waals surface area contributed by atoms with Crippen LogP contribution >= 0.6 is 0 Å². The maximum Gasteiger partial charge on any atom is 0.304 e. The Morgan fingerprint density at radius 3 is 1.96 bits per heavy atom. The summed E-state index contributed by atoms with van der Waals surface area (Å²) in [4.78, 5) is 192. The van der Waals surface area contributed by atoms with E-state index in [2.05, 4.69) is 36.2 Å². The number of aliphatic carboxylic acids is 2. The topological polar surface area (TPSA) is 471 Å². The molecule has 1 aliphatic heterocycles. The lowest BCUT2D eigenvalue weighted by atomic mass is 9.81. The van der Waals surface area contributed by atoms with Crippen LogP contribution in [0.5, 0.6) is 5.75 Å². The molecule has 0 radical (unpaired) electrons. The van der Waals surface area contributed by atoms with Crippen molar-refractivity contribution in [3.05, 3.63) is 161 Å². The molecule has 13 N–H and O–H groups in total. The molecular weight excluding hydrogens is 1450 g/mol. The number of H-pyrrole nitrogens is 1. The second kappa shape index (κ2) is 40.7. The van der Waals surface area contributed by atoms with Crippen molar-refractivity contribution < 1.29 is 102 Å². The number of ether oxygens (including phenoxy) is 1. The van der Waals surface area contributed by atoms with E-state index < -0.39 is 218 Å². The number of primary amides is 1. The summed E-state index contributed by atoms with van der Waals surface area (Å²) >= 11 is 0. The number of benzene rings is 4. The van der Waals surface area contributed by atoms with Gasteiger partial charge in [-0.3, -0.25) is 67.3 Å². The number of aromatic amines is 1. The van der Waals surface area contributed by atoms with Crippen LogP contribution in [0, 0.1) is 42.3 Å². The van der Waals surface area contributed by atoms with E-state index in [4.69, 9.17) is 10.5 Å². The number of aliphatic hydroxyl groups is 4. The zero-order valence-electron chi connectivity index (χ0n) is 63.7. The number of imidazole rings is 1. The number of pyridine rings is 1. The molecule has 600 valence electrons. The molecule has 6 amide bonds. The number of likely N-dealkylation sites (tertiary alicyclic amines) is 1. The third-order valence-corrected chi connectivity index (χ3v) is 20.7. The zero-order valence-corrected chi connectivity index (χ0v) is 63.7. The number of rotatable bonds is 45. The molecule has 2 aromatic heterocycles. The number of nitrogens with two attached hydrogens (primary N) is 1. The molecule has 112 heavy (non-hydrogen) atoms. The molecule has 3 heterocycles. The van der Waals surface area contributed by atoms with Crippen LogP contribution in [0.15, 0.2) is 122 Å². The van der Waals surface area contributed by atoms with Crippen molar-refractivity contribution in [1.82, 2.24) is 41.1 Å². The molecule has 6 aromatic rings. The molecule has 12 atom stereocenters. The third kappa shape index (κ3) is 24.2. The van der Waals surface area contributed by atoms with Gasteiger partial charge in [-0.05, 0) is 136 Å². The zero-order chi connectivity index (χ0) is 82.3. The number of carbonyl (C=O) groups is 13. The Morgan fingerprint density at radius 2 is 1.35 bits per heavy atom. The summed E-state index contributed by atoms with van der Waals surface area (Å²) in [7, 11) is 1.56. The number of Topliss-reactive ketones (excluding diaryl/α,β-unsaturated/α-hetero) is 5. The molecule has 0 unspecified atom stereocenters. The number of carboxylic acid groups (broad SMARTS) is 2. The summed E-state index contributed by atoms with van der Waals surface area (Å²) in [5, 5.41) is 73.2. The number of aromatic nitrogens is 3. The van der Waals surface area contributed by atoms with Crippen molar-refractivity contribution in [2.45, 2.75) is 179 Å². The van der Waals surface area contributed by atoms with Gasteiger partial charge in [0.2, 0.25) is 29.5 Å². The van der Waals surface area contributed by atoms with Gasteiger partial charge >= 0.3 is 11.9 Å². The number of aliphatic hydroxyl groups excluding tert-OH is 4. The summed E-state index contributed by atoms with van der Waals surface area (Å²) in [5.74, 6) is -21.4. The van der Waals surface area contributed by atoms with E-state index in [1.54, 1.807) is 37.6 Å². The molecule has 30 heteroatoms. The van der Waals surface area contributed by atoms with Gasteiger partial charge in [0.15, 0.2) is 28.9 Å². The third-order valence-electron chi connectivity index (χ3n) is 20.7. The molecule has 29 nitrogen and oxygen atoms in total. The van der Waals surface area contributed by atoms with Crippen molar-refractivity contribution in [3.63, 3.8) is 0 Å². The largest absolute Gasteiger partial charge is 0.497 e. The van der Waals surface area contributed by atoms with E-state index in [-0.39, 0.29) is 44.2 Å². The van der Waals surface area contributed by atoms with Gasteiger partial charge in [0.1, 0.15) is 23.7 Å². The van der Waals surface area contributed by atoms with Gasteiger partial charge in [-0.2, -0.15) is 0 Å². The van der Waals surface area contributed by atoms with Gasteiger partial charge in [0.25, 0.3) is 5.91 Å². The minimum absolute atomic E-state index is 0.0365. The normalized spacial score (nSPS) is 16.6. The predicted octanol–water partition coefficient (Wildman–Crippen LogP) is 4.59. The Hall–Kier alpha value is -11.1. The quantitative estimate of drug-likeness (QED) is 0.0249. The first-order valence-corrected chi connectivity index (χ1v) is 37.1. The van der Waals surface area contributed by atoms with E-state index in [9.17, 15) is 93.0 Å². The molecule has 7 rings (SSSR count). The summed E-state index contributed by atoms with van der Waals surface area (Å²) in [6.07, 6.45) is -6.41. The fraction of sp³-hybridized carbons (Fsp3) is 0.451. The molecular formula is C82H100FN9O20. The Labute approximate surface area is 647 Å². The lowest BCUT2D eigenvalue weighted by molar-refractivity contribution is -0.150. The molecule has 1 aliphatic rings. The molecule has 4 aromatic carbocycles. The second-order valence-corrected chi connectivity index (χ2v) is 29.2. The van der Waals surface area contributed by atoms with Gasteiger partial charge in [-0.15, -0.1) is 0 Å². The van der Waals surface area contributed by atoms with Crippen LogP contribution in [0.1, 0.15) is 132 Å². The Balaban J connectivity index is 1.05. The highest BCUT2D eigenvalue weighted by Crippen LogP contribution is 2.35. The monoisotopic (exact) mass is 1550 g/mol. The van der Waals surface area contributed by atoms with Gasteiger partial charge in [-0.25, -0.2) is 9.37 Å². The van der Waals surface area contributed by atoms with Gasteiger partial charge < -0.3 is 72.3 Å². The van der Waals surface area contributed by atoms with Crippen LogP contribution in [-0.2, 0) is 94.4 Å². The van der Waals surface area contributed by atoms with Crippen LogP contribution in [0.4, 0.5) is 4.39 Å². The number of nitrogens with one attached hydrogen (secondary N) is 5. The fourth-order valence-electron chi connectivity index (χ4n) is 13.9. The number of carboxylic acids is 2. The number of carbonyl (C=O) groups excluding carboxylic acids is 11. The summed E-state index contributed by atoms with van der Waals surface area (Å²) in [6.45, 7) is 6.86. The molecule has 0 bridgehead atoms. The van der Waals surface area contributed by atoms with Crippen LogP contribution in [0.3, 0.4) is 0 Å². The first-order chi connectivity index (χ1) is 53.1. The van der Waals surface area contributed by atoms with Crippen molar-refractivity contribution in [2.75, 3.05) is 26.8 Å². The number of hydrogen-bond acceptors (Lipinski definition) is 20. The molecule has 1 fully saturated rings. The van der Waals surface area contributed by atoms with Crippen LogP contribution < -0.4 is 31.7 Å². The number of nitrogens with zero attached hydrogens (tertiary/aromatic N) is 3. The molecule has 0 spiro atoms. The van der Waals surface area contributed by atoms with E-state index in [1.165, 1.54) is 42.5 Å². The Kier molecular flexibility index (Phi) is 32.1. The number of hydrogen-bond donors (Lipinski definition) is 12. The Bertz CT molecular complexity index is 4360. The van der Waals surface area contributed by atoms with Crippen molar-refractivity contribution >= 4 is 76.3 Å². The summed E-state index contributed by atoms with van der Waals surface area (Å²) in [6, 6.07) is 25.5. The predicted molar refractivity (Wildman–Crippen MR) is 405 cm³/mol. The highest BCUT2D eigenvalue weighted by molar-refractivity contribution is 6.01. The highest BCUT2D eigenvalue weighted by atomic mass is 19.1. The first-order valence-electron chi connectivity index (χ1n) is 37.1. The minimum atomic E-state index is -2.26. The second-order valence-electron chi connectivity index (χ2n) is 29.2. The van der Waals surface area contributed by atoms with Crippen molar-refractivity contribution in [2.24, 2.45) is 35.3 Å². The lowest BCUT2D eigenvalue weighted by Gasteiger charge is -2.36. The fourth-order valence-corrected chi connectivity index (χ4v) is 13.9. The maximum atomic E-state index is 15.6. The summed E-state index contributed by atoms with van der Waals surface area (Å²) in [5.41, 5.74) is 8.75. The average Bonchev–Trinajstić information content (AvgIpc) is 1.55. The number of halogens is 1. The average molecular weight is 1550 g/mol. The van der Waals surface area contributed by atoms with Gasteiger partial charge in [0.05, 0.1) is 85.8 Å². The highest BCUT2D eigenvalue weighted by Gasteiger charge is 2.48. The van der Waals surface area contributed by atoms with Crippen LogP contribution in [0.25, 0.3) is 22.4 Å². The first kappa shape index (κ1) is 88.1.